The minimum Gasteiger partial charge on any atom is -0.495 e. The van der Waals surface area contributed by atoms with Crippen LogP contribution in [0, 0.1) is 0 Å². The van der Waals surface area contributed by atoms with E-state index >= 15 is 0 Å². The van der Waals surface area contributed by atoms with Gasteiger partial charge in [0.05, 0.1) is 13.7 Å². The summed E-state index contributed by atoms with van der Waals surface area (Å²) in [6, 6.07) is 19.8. The zero-order chi connectivity index (χ0) is 23.2. The van der Waals surface area contributed by atoms with Crippen LogP contribution < -0.4 is 10.1 Å². The third-order valence-corrected chi connectivity index (χ3v) is 7.02. The molecule has 33 heavy (non-hydrogen) atoms. The number of hydrogen-bond donors (Lipinski definition) is 1. The number of ether oxygens (including phenoxy) is 1. The van der Waals surface area contributed by atoms with Crippen molar-refractivity contribution in [1.29, 1.82) is 0 Å². The predicted molar refractivity (Wildman–Crippen MR) is 133 cm³/mol. The van der Waals surface area contributed by atoms with Crippen LogP contribution in [0.3, 0.4) is 0 Å². The molecule has 6 nitrogen and oxygen atoms in total. The van der Waals surface area contributed by atoms with Crippen molar-refractivity contribution in [2.24, 2.45) is 0 Å². The lowest BCUT2D eigenvalue weighted by Gasteiger charge is -2.34. The molecule has 3 aromatic rings. The van der Waals surface area contributed by atoms with Gasteiger partial charge in [0.1, 0.15) is 10.6 Å². The quantitative estimate of drug-likeness (QED) is 0.565. The number of aryl methyl sites for hydroxylation is 1. The molecule has 1 fully saturated rings. The lowest BCUT2D eigenvalue weighted by molar-refractivity contribution is -0.117. The first-order valence-electron chi connectivity index (χ1n) is 11.2. The van der Waals surface area contributed by atoms with Crippen LogP contribution in [0.15, 0.2) is 60.7 Å². The fourth-order valence-electron chi connectivity index (χ4n) is 4.02. The molecule has 0 saturated carbocycles. The van der Waals surface area contributed by atoms with E-state index in [1.807, 2.05) is 65.6 Å². The summed E-state index contributed by atoms with van der Waals surface area (Å²) < 4.78 is 5.51. The van der Waals surface area contributed by atoms with Gasteiger partial charge in [-0.15, -0.1) is 11.3 Å². The molecule has 0 spiro atoms. The zero-order valence-corrected chi connectivity index (χ0v) is 19.9. The lowest BCUT2D eigenvalue weighted by atomic mass is 10.1. The summed E-state index contributed by atoms with van der Waals surface area (Å²) in [5.74, 6) is 0.573. The number of piperazine rings is 1. The first-order valence-corrected chi connectivity index (χ1v) is 12.0. The molecule has 1 aliphatic rings. The highest BCUT2D eigenvalue weighted by molar-refractivity contribution is 7.17. The number of para-hydroxylation sites is 1. The Kier molecular flexibility index (Phi) is 7.42. The third kappa shape index (κ3) is 5.43. The number of carbonyl (C=O) groups excluding carboxylic acids is 2. The first-order chi connectivity index (χ1) is 16.1. The number of rotatable bonds is 7. The highest BCUT2D eigenvalue weighted by Crippen LogP contribution is 2.37. The summed E-state index contributed by atoms with van der Waals surface area (Å²) in [7, 11) is 1.60. The van der Waals surface area contributed by atoms with Crippen LogP contribution in [0.25, 0.3) is 10.4 Å². The Labute approximate surface area is 198 Å². The van der Waals surface area contributed by atoms with E-state index < -0.39 is 0 Å². The number of nitrogens with zero attached hydrogens (tertiary/aromatic N) is 2. The second-order valence-corrected chi connectivity index (χ2v) is 9.05. The van der Waals surface area contributed by atoms with Gasteiger partial charge in [-0.25, -0.2) is 0 Å². The molecule has 0 atom stereocenters. The largest absolute Gasteiger partial charge is 0.495 e. The van der Waals surface area contributed by atoms with Gasteiger partial charge in [0.2, 0.25) is 5.91 Å². The van der Waals surface area contributed by atoms with Gasteiger partial charge in [0.15, 0.2) is 0 Å². The van der Waals surface area contributed by atoms with Crippen molar-refractivity contribution >= 4 is 28.8 Å². The molecule has 1 saturated heterocycles. The molecule has 1 aliphatic heterocycles. The number of amides is 2. The van der Waals surface area contributed by atoms with Gasteiger partial charge >= 0.3 is 0 Å². The van der Waals surface area contributed by atoms with Crippen molar-refractivity contribution in [1.82, 2.24) is 9.80 Å². The van der Waals surface area contributed by atoms with Crippen LogP contribution in [0.4, 0.5) is 5.69 Å². The first kappa shape index (κ1) is 23.0. The molecular formula is C26H29N3O3S. The maximum absolute atomic E-state index is 13.2. The molecule has 0 unspecified atom stereocenters. The second kappa shape index (κ2) is 10.6. The Hall–Kier alpha value is -3.16. The molecule has 172 valence electrons. The summed E-state index contributed by atoms with van der Waals surface area (Å²) in [5.41, 5.74) is 3.07. The Morgan fingerprint density at radius 2 is 1.70 bits per heavy atom. The van der Waals surface area contributed by atoms with Crippen LogP contribution in [0.5, 0.6) is 5.75 Å². The van der Waals surface area contributed by atoms with Crippen LogP contribution in [0.2, 0.25) is 0 Å². The Bertz CT molecular complexity index is 1100. The van der Waals surface area contributed by atoms with E-state index in [9.17, 15) is 9.59 Å². The number of nitrogens with one attached hydrogen (secondary N) is 1. The zero-order valence-electron chi connectivity index (χ0n) is 19.0. The van der Waals surface area contributed by atoms with Crippen molar-refractivity contribution in [3.05, 3.63) is 71.1 Å². The molecule has 2 aromatic carbocycles. The summed E-state index contributed by atoms with van der Waals surface area (Å²) in [6.45, 7) is 4.88. The maximum atomic E-state index is 13.2. The average molecular weight is 464 g/mol. The smallest absolute Gasteiger partial charge is 0.267 e. The van der Waals surface area contributed by atoms with E-state index in [1.54, 1.807) is 7.11 Å². The van der Waals surface area contributed by atoms with Gasteiger partial charge in [0.25, 0.3) is 5.91 Å². The summed E-state index contributed by atoms with van der Waals surface area (Å²) >= 11 is 1.46. The fourth-order valence-corrected chi connectivity index (χ4v) is 5.11. The molecule has 0 radical (unpaired) electrons. The van der Waals surface area contributed by atoms with E-state index in [4.69, 9.17) is 4.74 Å². The predicted octanol–water partition coefficient (Wildman–Crippen LogP) is 4.38. The Balaban J connectivity index is 1.35. The molecule has 2 amide bonds. The molecule has 0 bridgehead atoms. The van der Waals surface area contributed by atoms with Crippen molar-refractivity contribution < 1.29 is 14.3 Å². The van der Waals surface area contributed by atoms with E-state index in [2.05, 4.69) is 17.1 Å². The van der Waals surface area contributed by atoms with Crippen molar-refractivity contribution in [2.75, 3.05) is 45.2 Å². The number of thiophene rings is 1. The summed E-state index contributed by atoms with van der Waals surface area (Å²) in [6.07, 6.45) is 0.870. The Morgan fingerprint density at radius 3 is 2.39 bits per heavy atom. The minimum absolute atomic E-state index is 0.0139. The van der Waals surface area contributed by atoms with Gasteiger partial charge in [-0.1, -0.05) is 55.5 Å². The molecule has 1 N–H and O–H groups in total. The van der Waals surface area contributed by atoms with Gasteiger partial charge in [0, 0.05) is 36.7 Å². The minimum atomic E-state index is -0.0249. The lowest BCUT2D eigenvalue weighted by Crippen LogP contribution is -2.50. The van der Waals surface area contributed by atoms with Gasteiger partial charge in [-0.3, -0.25) is 14.5 Å². The van der Waals surface area contributed by atoms with Gasteiger partial charge in [-0.2, -0.15) is 0 Å². The molecule has 7 heteroatoms. The summed E-state index contributed by atoms with van der Waals surface area (Å²) in [4.78, 5) is 31.4. The highest BCUT2D eigenvalue weighted by atomic mass is 32.1. The average Bonchev–Trinajstić information content (AvgIpc) is 3.29. The number of methoxy groups -OCH3 is 1. The van der Waals surface area contributed by atoms with E-state index in [0.717, 1.165) is 28.1 Å². The topological polar surface area (TPSA) is 61.9 Å². The van der Waals surface area contributed by atoms with Crippen LogP contribution in [-0.4, -0.2) is 61.4 Å². The monoisotopic (exact) mass is 463 g/mol. The van der Waals surface area contributed by atoms with E-state index in [1.165, 1.54) is 11.3 Å². The molecule has 0 aliphatic carbocycles. The van der Waals surface area contributed by atoms with Gasteiger partial charge < -0.3 is 15.0 Å². The number of hydrogen-bond acceptors (Lipinski definition) is 5. The molecule has 2 heterocycles. The number of carbonyl (C=O) groups is 2. The van der Waals surface area contributed by atoms with Crippen molar-refractivity contribution in [2.45, 2.75) is 13.3 Å². The number of benzene rings is 2. The fraction of sp³-hybridized carbons (Fsp3) is 0.308. The standard InChI is InChI=1S/C26H29N3O3S/c1-3-19-9-7-8-12-21(19)27-24(30)18-28-13-15-29(16-14-28)26(31)25-22(32-2)17-23(33-25)20-10-5-4-6-11-20/h4-12,17H,3,13-16,18H2,1-2H3,(H,27,30). The van der Waals surface area contributed by atoms with E-state index in [0.29, 0.717) is 43.4 Å². The molecular weight excluding hydrogens is 434 g/mol. The molecule has 1 aromatic heterocycles. The number of anilines is 1. The normalized spacial score (nSPS) is 14.2. The highest BCUT2D eigenvalue weighted by Gasteiger charge is 2.27. The van der Waals surface area contributed by atoms with Gasteiger partial charge in [-0.05, 0) is 29.7 Å². The van der Waals surface area contributed by atoms with Crippen LogP contribution in [-0.2, 0) is 11.2 Å². The Morgan fingerprint density at radius 1 is 1.00 bits per heavy atom. The van der Waals surface area contributed by atoms with Crippen molar-refractivity contribution in [3.8, 4) is 16.2 Å². The SMILES string of the molecule is CCc1ccccc1NC(=O)CN1CCN(C(=O)c2sc(-c3ccccc3)cc2OC)CC1. The second-order valence-electron chi connectivity index (χ2n) is 8.00. The molecule has 4 rings (SSSR count). The third-order valence-electron chi connectivity index (χ3n) is 5.87. The van der Waals surface area contributed by atoms with Crippen molar-refractivity contribution in [3.63, 3.8) is 0 Å². The maximum Gasteiger partial charge on any atom is 0.267 e. The van der Waals surface area contributed by atoms with Crippen LogP contribution >= 0.6 is 11.3 Å². The van der Waals surface area contributed by atoms with Crippen LogP contribution in [0.1, 0.15) is 22.2 Å². The summed E-state index contributed by atoms with van der Waals surface area (Å²) in [5, 5.41) is 3.03. The van der Waals surface area contributed by atoms with E-state index in [-0.39, 0.29) is 11.8 Å².